The molecule has 3 rings (SSSR count). The van der Waals surface area contributed by atoms with E-state index in [0.717, 1.165) is 28.8 Å². The minimum Gasteiger partial charge on any atom is -0.497 e. The van der Waals surface area contributed by atoms with Crippen molar-refractivity contribution >= 4 is 16.9 Å². The van der Waals surface area contributed by atoms with E-state index >= 15 is 0 Å². The number of aromatic nitrogens is 2. The lowest BCUT2D eigenvalue weighted by Crippen LogP contribution is -1.99. The van der Waals surface area contributed by atoms with Gasteiger partial charge in [0.05, 0.1) is 27.0 Å². The molecule has 0 aliphatic rings. The van der Waals surface area contributed by atoms with E-state index in [0.29, 0.717) is 22.2 Å². The van der Waals surface area contributed by atoms with Crippen LogP contribution in [-0.4, -0.2) is 36.4 Å². The van der Waals surface area contributed by atoms with Crippen molar-refractivity contribution < 1.29 is 19.0 Å². The van der Waals surface area contributed by atoms with Crippen molar-refractivity contribution in [2.24, 2.45) is 0 Å². The molecule has 0 fully saturated rings. The van der Waals surface area contributed by atoms with E-state index in [1.54, 1.807) is 44.7 Å². The molecule has 6 nitrogen and oxygen atoms in total. The van der Waals surface area contributed by atoms with Crippen LogP contribution in [0.5, 0.6) is 17.2 Å². The Hall–Kier alpha value is -3.06. The summed E-state index contributed by atoms with van der Waals surface area (Å²) >= 11 is 0.964. The summed E-state index contributed by atoms with van der Waals surface area (Å²) < 4.78 is 15.6. The Morgan fingerprint density at radius 2 is 1.63 bits per heavy atom. The van der Waals surface area contributed by atoms with Gasteiger partial charge in [-0.05, 0) is 60.3 Å². The molecule has 0 spiro atoms. The lowest BCUT2D eigenvalue weighted by Gasteiger charge is -2.09. The van der Waals surface area contributed by atoms with Crippen molar-refractivity contribution in [2.45, 2.75) is 5.16 Å². The average Bonchev–Trinajstić information content (AvgIpc) is 2.73. The van der Waals surface area contributed by atoms with Gasteiger partial charge < -0.3 is 14.2 Å². The third-order valence-electron chi connectivity index (χ3n) is 3.82. The number of hydrogen-bond donors (Lipinski definition) is 0. The summed E-state index contributed by atoms with van der Waals surface area (Å²) in [4.78, 5) is 21.2. The number of carbonyl (C=O) groups is 1. The number of hydrogen-bond acceptors (Lipinski definition) is 7. The Labute approximate surface area is 161 Å². The first kappa shape index (κ1) is 18.7. The van der Waals surface area contributed by atoms with E-state index in [2.05, 4.69) is 9.97 Å². The number of ether oxygens (including phenoxy) is 3. The van der Waals surface area contributed by atoms with Crippen molar-refractivity contribution in [1.82, 2.24) is 9.97 Å². The van der Waals surface area contributed by atoms with Crippen LogP contribution < -0.4 is 14.2 Å². The molecular formula is C20H18N2O4S. The highest BCUT2D eigenvalue weighted by molar-refractivity contribution is 8.14. The molecule has 138 valence electrons. The Morgan fingerprint density at radius 3 is 2.30 bits per heavy atom. The van der Waals surface area contributed by atoms with Crippen molar-refractivity contribution in [1.29, 1.82) is 0 Å². The maximum Gasteiger partial charge on any atom is 0.227 e. The predicted molar refractivity (Wildman–Crippen MR) is 104 cm³/mol. The molecule has 2 aromatic carbocycles. The first-order valence-corrected chi connectivity index (χ1v) is 8.88. The monoisotopic (exact) mass is 382 g/mol. The SMILES string of the molecule is COc1ccc(-c2ccnc(SC(=O)c3ccc(OC)c(OC)c3)n2)cc1. The van der Waals surface area contributed by atoms with Gasteiger partial charge in [-0.25, -0.2) is 9.97 Å². The maximum absolute atomic E-state index is 12.6. The number of carbonyl (C=O) groups excluding carboxylic acids is 1. The molecule has 7 heteroatoms. The first-order chi connectivity index (χ1) is 13.1. The molecule has 0 unspecified atom stereocenters. The second-order valence-electron chi connectivity index (χ2n) is 5.41. The minimum absolute atomic E-state index is 0.178. The summed E-state index contributed by atoms with van der Waals surface area (Å²) in [6.45, 7) is 0. The van der Waals surface area contributed by atoms with E-state index in [9.17, 15) is 4.79 Å². The molecule has 27 heavy (non-hydrogen) atoms. The molecular weight excluding hydrogens is 364 g/mol. The van der Waals surface area contributed by atoms with Crippen LogP contribution in [0, 0.1) is 0 Å². The number of methoxy groups -OCH3 is 3. The van der Waals surface area contributed by atoms with Gasteiger partial charge in [-0.3, -0.25) is 4.79 Å². The van der Waals surface area contributed by atoms with Crippen LogP contribution in [0.25, 0.3) is 11.3 Å². The van der Waals surface area contributed by atoms with Crippen LogP contribution in [0.4, 0.5) is 0 Å². The molecule has 3 aromatic rings. The summed E-state index contributed by atoms with van der Waals surface area (Å²) in [6.07, 6.45) is 1.64. The Kier molecular flexibility index (Phi) is 5.93. The largest absolute Gasteiger partial charge is 0.497 e. The van der Waals surface area contributed by atoms with Crippen LogP contribution in [0.15, 0.2) is 59.9 Å². The topological polar surface area (TPSA) is 70.5 Å². The normalized spacial score (nSPS) is 10.3. The molecule has 0 saturated carbocycles. The van der Waals surface area contributed by atoms with Crippen molar-refractivity contribution in [3.63, 3.8) is 0 Å². The molecule has 0 aliphatic carbocycles. The molecule has 0 amide bonds. The summed E-state index contributed by atoms with van der Waals surface area (Å²) in [7, 11) is 4.70. The fourth-order valence-corrected chi connectivity index (χ4v) is 3.09. The smallest absolute Gasteiger partial charge is 0.227 e. The van der Waals surface area contributed by atoms with Gasteiger partial charge in [0, 0.05) is 17.3 Å². The molecule has 1 aromatic heterocycles. The van der Waals surface area contributed by atoms with E-state index in [1.165, 1.54) is 7.11 Å². The lowest BCUT2D eigenvalue weighted by atomic mass is 10.1. The molecule has 1 heterocycles. The van der Waals surface area contributed by atoms with Crippen LogP contribution in [-0.2, 0) is 0 Å². The maximum atomic E-state index is 12.6. The number of benzene rings is 2. The molecule has 0 N–H and O–H groups in total. The Balaban J connectivity index is 1.80. The Morgan fingerprint density at radius 1 is 0.889 bits per heavy atom. The highest BCUT2D eigenvalue weighted by Gasteiger charge is 2.14. The first-order valence-electron chi connectivity index (χ1n) is 8.06. The van der Waals surface area contributed by atoms with E-state index in [4.69, 9.17) is 14.2 Å². The van der Waals surface area contributed by atoms with Crippen LogP contribution >= 0.6 is 11.8 Å². The van der Waals surface area contributed by atoms with Gasteiger partial charge in [0.1, 0.15) is 5.75 Å². The van der Waals surface area contributed by atoms with Gasteiger partial charge in [0.2, 0.25) is 5.12 Å². The summed E-state index contributed by atoms with van der Waals surface area (Å²) in [6, 6.07) is 14.4. The van der Waals surface area contributed by atoms with Gasteiger partial charge >= 0.3 is 0 Å². The summed E-state index contributed by atoms with van der Waals surface area (Å²) in [5, 5.41) is 0.200. The van der Waals surface area contributed by atoms with Gasteiger partial charge in [0.25, 0.3) is 0 Å². The Bertz CT molecular complexity index is 945. The van der Waals surface area contributed by atoms with Crippen molar-refractivity contribution in [2.75, 3.05) is 21.3 Å². The quantitative estimate of drug-likeness (QED) is 0.469. The van der Waals surface area contributed by atoms with Gasteiger partial charge in [-0.1, -0.05) is 0 Å². The molecule has 0 saturated heterocycles. The minimum atomic E-state index is -0.178. The number of thioether (sulfide) groups is 1. The van der Waals surface area contributed by atoms with Crippen LogP contribution in [0.1, 0.15) is 10.4 Å². The van der Waals surface area contributed by atoms with Crippen LogP contribution in [0.3, 0.4) is 0 Å². The van der Waals surface area contributed by atoms with Gasteiger partial charge in [0.15, 0.2) is 16.7 Å². The van der Waals surface area contributed by atoms with Gasteiger partial charge in [-0.2, -0.15) is 0 Å². The fourth-order valence-electron chi connectivity index (χ4n) is 2.42. The summed E-state index contributed by atoms with van der Waals surface area (Å²) in [5.74, 6) is 1.83. The fraction of sp³-hybridized carbons (Fsp3) is 0.150. The van der Waals surface area contributed by atoms with Crippen molar-refractivity contribution in [3.05, 3.63) is 60.3 Å². The highest BCUT2D eigenvalue weighted by atomic mass is 32.2. The molecule has 0 atom stereocenters. The highest BCUT2D eigenvalue weighted by Crippen LogP contribution is 2.30. The molecule has 0 aliphatic heterocycles. The van der Waals surface area contributed by atoms with E-state index in [-0.39, 0.29) is 5.12 Å². The van der Waals surface area contributed by atoms with Gasteiger partial charge in [-0.15, -0.1) is 0 Å². The van der Waals surface area contributed by atoms with Crippen LogP contribution in [0.2, 0.25) is 0 Å². The zero-order valence-electron chi connectivity index (χ0n) is 15.1. The van der Waals surface area contributed by atoms with E-state index < -0.39 is 0 Å². The summed E-state index contributed by atoms with van der Waals surface area (Å²) in [5.41, 5.74) is 2.13. The average molecular weight is 382 g/mol. The number of rotatable bonds is 6. The third kappa shape index (κ3) is 4.38. The molecule has 0 radical (unpaired) electrons. The number of nitrogens with zero attached hydrogens (tertiary/aromatic N) is 2. The molecule has 0 bridgehead atoms. The zero-order valence-corrected chi connectivity index (χ0v) is 15.9. The predicted octanol–water partition coefficient (Wildman–Crippen LogP) is 4.10. The standard InChI is InChI=1S/C20H18N2O4S/c1-24-15-7-4-13(5-8-15)16-10-11-21-20(22-16)27-19(23)14-6-9-17(25-2)18(12-14)26-3/h4-12H,1-3H3. The second kappa shape index (κ2) is 8.55. The lowest BCUT2D eigenvalue weighted by molar-refractivity contribution is 0.108. The van der Waals surface area contributed by atoms with E-state index in [1.807, 2.05) is 24.3 Å². The third-order valence-corrected chi connectivity index (χ3v) is 4.62. The zero-order chi connectivity index (χ0) is 19.2. The van der Waals surface area contributed by atoms with Crippen molar-refractivity contribution in [3.8, 4) is 28.5 Å². The second-order valence-corrected chi connectivity index (χ2v) is 6.35.